The molecule has 0 heterocycles. The maximum absolute atomic E-state index is 14.0. The van der Waals surface area contributed by atoms with Crippen LogP contribution in [0.15, 0.2) is 72.8 Å². The fourth-order valence-electron chi connectivity index (χ4n) is 4.50. The van der Waals surface area contributed by atoms with Gasteiger partial charge in [0.05, 0.1) is 11.9 Å². The van der Waals surface area contributed by atoms with Crippen molar-refractivity contribution >= 4 is 62.3 Å². The molecule has 0 aliphatic carbocycles. The van der Waals surface area contributed by atoms with Gasteiger partial charge in [-0.2, -0.15) is 0 Å². The van der Waals surface area contributed by atoms with Crippen molar-refractivity contribution in [1.29, 1.82) is 0 Å². The van der Waals surface area contributed by atoms with Crippen LogP contribution in [0.1, 0.15) is 44.7 Å². The summed E-state index contributed by atoms with van der Waals surface area (Å²) >= 11 is 19.1. The van der Waals surface area contributed by atoms with Gasteiger partial charge in [0, 0.05) is 52.1 Å². The van der Waals surface area contributed by atoms with Crippen LogP contribution < -0.4 is 9.62 Å². The Morgan fingerprint density at radius 3 is 2.10 bits per heavy atom. The Bertz CT molecular complexity index is 1470. The minimum Gasteiger partial charge on any atom is -0.350 e. The van der Waals surface area contributed by atoms with Crippen molar-refractivity contribution in [3.63, 3.8) is 0 Å². The van der Waals surface area contributed by atoms with Crippen LogP contribution in [0.25, 0.3) is 0 Å². The number of anilines is 1. The predicted octanol–water partition coefficient (Wildman–Crippen LogP) is 6.75. The van der Waals surface area contributed by atoms with Crippen LogP contribution in [0.4, 0.5) is 5.69 Å². The number of rotatable bonds is 12. The second kappa shape index (κ2) is 14.6. The summed E-state index contributed by atoms with van der Waals surface area (Å²) in [6.07, 6.45) is 1.54. The summed E-state index contributed by atoms with van der Waals surface area (Å²) in [6.45, 7) is 5.66. The van der Waals surface area contributed by atoms with E-state index in [2.05, 4.69) is 5.32 Å². The molecule has 42 heavy (non-hydrogen) atoms. The van der Waals surface area contributed by atoms with E-state index >= 15 is 0 Å². The maximum Gasteiger partial charge on any atom is 0.243 e. The molecule has 0 unspecified atom stereocenters. The van der Waals surface area contributed by atoms with Gasteiger partial charge >= 0.3 is 0 Å². The first kappa shape index (κ1) is 33.7. The number of carbonyl (C=O) groups is 2. The molecule has 0 radical (unpaired) electrons. The van der Waals surface area contributed by atoms with Gasteiger partial charge in [-0.15, -0.1) is 0 Å². The van der Waals surface area contributed by atoms with E-state index in [4.69, 9.17) is 34.8 Å². The lowest BCUT2D eigenvalue weighted by molar-refractivity contribution is -0.142. The Balaban J connectivity index is 1.95. The first-order valence-electron chi connectivity index (χ1n) is 13.5. The molecule has 0 aromatic heterocycles. The van der Waals surface area contributed by atoms with Gasteiger partial charge in [-0.25, -0.2) is 8.42 Å². The summed E-state index contributed by atoms with van der Waals surface area (Å²) in [5.41, 5.74) is 1.25. The highest BCUT2D eigenvalue weighted by molar-refractivity contribution is 7.92. The van der Waals surface area contributed by atoms with E-state index in [1.807, 2.05) is 51.1 Å². The van der Waals surface area contributed by atoms with E-state index in [1.54, 1.807) is 42.5 Å². The molecule has 7 nitrogen and oxygen atoms in total. The Labute approximate surface area is 263 Å². The SMILES string of the molecule is CC(C)(C)NC(=O)[C@@H](Cc1ccccc1)N(Cc1c(Cl)cccc1Cl)C(=O)CCCN(c1cccc(Cl)c1)S(C)(=O)=O. The Hall–Kier alpha value is -2.78. The molecule has 0 saturated carbocycles. The highest BCUT2D eigenvalue weighted by Gasteiger charge is 2.33. The molecule has 2 amide bonds. The minimum atomic E-state index is -3.65. The molecule has 0 aliphatic rings. The van der Waals surface area contributed by atoms with Gasteiger partial charge < -0.3 is 10.2 Å². The summed E-state index contributed by atoms with van der Waals surface area (Å²) < 4.78 is 26.4. The highest BCUT2D eigenvalue weighted by Crippen LogP contribution is 2.28. The fraction of sp³-hybridized carbons (Fsp3) is 0.355. The van der Waals surface area contributed by atoms with Crippen LogP contribution in [-0.2, 0) is 32.6 Å². The number of nitrogens with one attached hydrogen (secondary N) is 1. The summed E-state index contributed by atoms with van der Waals surface area (Å²) in [4.78, 5) is 29.2. The molecular formula is C31H36Cl3N3O4S. The number of nitrogens with zero attached hydrogens (tertiary/aromatic N) is 2. The van der Waals surface area contributed by atoms with Gasteiger partial charge in [0.15, 0.2) is 0 Å². The quantitative estimate of drug-likeness (QED) is 0.235. The number of halogens is 3. The molecule has 226 valence electrons. The third-order valence-electron chi connectivity index (χ3n) is 6.41. The average Bonchev–Trinajstić information content (AvgIpc) is 2.88. The van der Waals surface area contributed by atoms with Gasteiger partial charge in [0.1, 0.15) is 6.04 Å². The third kappa shape index (κ3) is 9.90. The monoisotopic (exact) mass is 651 g/mol. The largest absolute Gasteiger partial charge is 0.350 e. The predicted molar refractivity (Wildman–Crippen MR) is 172 cm³/mol. The number of hydrogen-bond donors (Lipinski definition) is 1. The molecule has 11 heteroatoms. The molecule has 0 spiro atoms. The van der Waals surface area contributed by atoms with Crippen molar-refractivity contribution in [3.8, 4) is 0 Å². The summed E-state index contributed by atoms with van der Waals surface area (Å²) in [5, 5.41) is 4.16. The van der Waals surface area contributed by atoms with Crippen LogP contribution in [0.2, 0.25) is 15.1 Å². The highest BCUT2D eigenvalue weighted by atomic mass is 35.5. The zero-order valence-electron chi connectivity index (χ0n) is 24.1. The van der Waals surface area contributed by atoms with Crippen LogP contribution in [0, 0.1) is 0 Å². The lowest BCUT2D eigenvalue weighted by Crippen LogP contribution is -2.54. The zero-order chi connectivity index (χ0) is 31.1. The number of carbonyl (C=O) groups excluding carboxylic acids is 2. The standard InChI is InChI=1S/C31H36Cl3N3O4S/c1-31(2,3)35-30(39)28(19-22-11-6-5-7-12-22)36(21-25-26(33)15-9-16-27(25)34)29(38)17-10-18-37(42(4,40)41)24-14-8-13-23(32)20-24/h5-9,11-16,20,28H,10,17-19,21H2,1-4H3,(H,35,39)/t28-/m1/s1. The molecule has 0 saturated heterocycles. The first-order chi connectivity index (χ1) is 19.7. The topological polar surface area (TPSA) is 86.8 Å². The molecule has 0 fully saturated rings. The molecule has 1 N–H and O–H groups in total. The summed E-state index contributed by atoms with van der Waals surface area (Å²) in [6, 6.07) is 20.2. The lowest BCUT2D eigenvalue weighted by Gasteiger charge is -2.34. The summed E-state index contributed by atoms with van der Waals surface area (Å²) in [7, 11) is -3.65. The van der Waals surface area contributed by atoms with E-state index in [-0.39, 0.29) is 44.2 Å². The normalized spacial score (nSPS) is 12.5. The maximum atomic E-state index is 14.0. The van der Waals surface area contributed by atoms with E-state index in [1.165, 1.54) is 9.21 Å². The van der Waals surface area contributed by atoms with Gasteiger partial charge in [-0.3, -0.25) is 13.9 Å². The van der Waals surface area contributed by atoms with E-state index in [0.29, 0.717) is 26.3 Å². The lowest BCUT2D eigenvalue weighted by atomic mass is 10.00. The Morgan fingerprint density at radius 2 is 1.52 bits per heavy atom. The van der Waals surface area contributed by atoms with E-state index in [9.17, 15) is 18.0 Å². The first-order valence-corrected chi connectivity index (χ1v) is 16.5. The van der Waals surface area contributed by atoms with E-state index in [0.717, 1.165) is 11.8 Å². The minimum absolute atomic E-state index is 0.00349. The fourth-order valence-corrected chi connectivity index (χ4v) is 6.15. The van der Waals surface area contributed by atoms with Gasteiger partial charge in [-0.1, -0.05) is 77.3 Å². The third-order valence-corrected chi connectivity index (χ3v) is 8.55. The van der Waals surface area contributed by atoms with Crippen molar-refractivity contribution < 1.29 is 18.0 Å². The smallest absolute Gasteiger partial charge is 0.243 e. The number of amides is 2. The van der Waals surface area contributed by atoms with E-state index < -0.39 is 21.6 Å². The average molecular weight is 653 g/mol. The summed E-state index contributed by atoms with van der Waals surface area (Å²) in [5.74, 6) is -0.657. The molecule has 3 aromatic carbocycles. The molecular weight excluding hydrogens is 617 g/mol. The number of hydrogen-bond acceptors (Lipinski definition) is 4. The van der Waals surface area contributed by atoms with Gasteiger partial charge in [0.2, 0.25) is 21.8 Å². The number of sulfonamides is 1. The Kier molecular flexibility index (Phi) is 11.7. The van der Waals surface area contributed by atoms with Gasteiger partial charge in [0.25, 0.3) is 0 Å². The second-order valence-corrected chi connectivity index (χ2v) is 14.2. The van der Waals surface area contributed by atoms with Gasteiger partial charge in [-0.05, 0) is 63.1 Å². The van der Waals surface area contributed by atoms with Crippen molar-refractivity contribution in [1.82, 2.24) is 10.2 Å². The molecule has 0 bridgehead atoms. The van der Waals surface area contributed by atoms with Crippen molar-refractivity contribution in [2.75, 3.05) is 17.1 Å². The van der Waals surface area contributed by atoms with Crippen molar-refractivity contribution in [2.45, 2.75) is 58.2 Å². The van der Waals surface area contributed by atoms with Crippen LogP contribution in [0.3, 0.4) is 0 Å². The van der Waals surface area contributed by atoms with Crippen molar-refractivity contribution in [3.05, 3.63) is 99.0 Å². The molecule has 1 atom stereocenters. The molecule has 0 aliphatic heterocycles. The second-order valence-electron chi connectivity index (χ2n) is 11.1. The van der Waals surface area contributed by atoms with Crippen LogP contribution in [-0.4, -0.2) is 49.5 Å². The Morgan fingerprint density at radius 1 is 0.905 bits per heavy atom. The molecule has 3 rings (SSSR count). The number of benzene rings is 3. The van der Waals surface area contributed by atoms with Crippen LogP contribution >= 0.6 is 34.8 Å². The van der Waals surface area contributed by atoms with Crippen LogP contribution in [0.5, 0.6) is 0 Å². The zero-order valence-corrected chi connectivity index (χ0v) is 27.2. The van der Waals surface area contributed by atoms with Crippen molar-refractivity contribution in [2.24, 2.45) is 0 Å². The molecule has 3 aromatic rings.